The van der Waals surface area contributed by atoms with Crippen LogP contribution in [0.1, 0.15) is 28.4 Å². The number of aliphatic hydroxyl groups excluding tert-OH is 1. The molecule has 0 radical (unpaired) electrons. The Bertz CT molecular complexity index is 748. The molecule has 112 valence electrons. The van der Waals surface area contributed by atoms with Gasteiger partial charge in [0, 0.05) is 0 Å². The van der Waals surface area contributed by atoms with Crippen LogP contribution in [0.5, 0.6) is 0 Å². The second-order valence-electron chi connectivity index (χ2n) is 5.42. The first kappa shape index (κ1) is 15.7. The topological polar surface area (TPSA) is 54.4 Å². The van der Waals surface area contributed by atoms with Gasteiger partial charge in [0.25, 0.3) is 0 Å². The van der Waals surface area contributed by atoms with Crippen LogP contribution in [-0.4, -0.2) is 19.3 Å². The SMILES string of the molecule is Cc1ccc(S(=O)(=O)CC(O)c2ccccc2C)c(C)c1. The van der Waals surface area contributed by atoms with Crippen molar-refractivity contribution < 1.29 is 13.5 Å². The molecule has 0 heterocycles. The summed E-state index contributed by atoms with van der Waals surface area (Å²) in [5.74, 6) is -0.304. The van der Waals surface area contributed by atoms with Crippen LogP contribution in [0.2, 0.25) is 0 Å². The Hall–Kier alpha value is -1.65. The summed E-state index contributed by atoms with van der Waals surface area (Å²) in [4.78, 5) is 0.292. The maximum atomic E-state index is 12.5. The number of aryl methyl sites for hydroxylation is 3. The smallest absolute Gasteiger partial charge is 0.181 e. The first-order valence-corrected chi connectivity index (χ1v) is 8.50. The minimum absolute atomic E-state index is 0.292. The molecular formula is C17H20O3S. The predicted octanol–water partition coefficient (Wildman–Crippen LogP) is 3.12. The summed E-state index contributed by atoms with van der Waals surface area (Å²) < 4.78 is 25.0. The van der Waals surface area contributed by atoms with Crippen LogP contribution in [0.4, 0.5) is 0 Å². The van der Waals surface area contributed by atoms with Crippen LogP contribution in [-0.2, 0) is 9.84 Å². The van der Waals surface area contributed by atoms with E-state index in [1.54, 1.807) is 31.2 Å². The number of hydrogen-bond acceptors (Lipinski definition) is 3. The van der Waals surface area contributed by atoms with Crippen molar-refractivity contribution in [3.8, 4) is 0 Å². The fraction of sp³-hybridized carbons (Fsp3) is 0.294. The number of benzene rings is 2. The van der Waals surface area contributed by atoms with Gasteiger partial charge in [-0.2, -0.15) is 0 Å². The third kappa shape index (κ3) is 3.52. The van der Waals surface area contributed by atoms with Crippen LogP contribution in [0, 0.1) is 20.8 Å². The summed E-state index contributed by atoms with van der Waals surface area (Å²) in [6.45, 7) is 5.56. The van der Waals surface area contributed by atoms with Crippen molar-refractivity contribution in [2.75, 3.05) is 5.75 Å². The van der Waals surface area contributed by atoms with Crippen molar-refractivity contribution in [1.82, 2.24) is 0 Å². The maximum absolute atomic E-state index is 12.5. The Balaban J connectivity index is 2.31. The fourth-order valence-electron chi connectivity index (χ4n) is 2.50. The zero-order valence-corrected chi connectivity index (χ0v) is 13.3. The monoisotopic (exact) mass is 304 g/mol. The second kappa shape index (κ2) is 6.00. The Labute approximate surface area is 126 Å². The molecule has 3 nitrogen and oxygen atoms in total. The van der Waals surface area contributed by atoms with E-state index in [9.17, 15) is 13.5 Å². The molecule has 2 aromatic carbocycles. The molecule has 2 aromatic rings. The van der Waals surface area contributed by atoms with Gasteiger partial charge < -0.3 is 5.11 Å². The average Bonchev–Trinajstić information content (AvgIpc) is 2.37. The van der Waals surface area contributed by atoms with E-state index in [0.717, 1.165) is 11.1 Å². The zero-order chi connectivity index (χ0) is 15.6. The third-order valence-corrected chi connectivity index (χ3v) is 5.47. The zero-order valence-electron chi connectivity index (χ0n) is 12.5. The van der Waals surface area contributed by atoms with E-state index in [0.29, 0.717) is 16.0 Å². The fourth-order valence-corrected chi connectivity index (χ4v) is 4.10. The molecule has 2 rings (SSSR count). The molecule has 0 spiro atoms. The molecule has 1 N–H and O–H groups in total. The molecule has 0 saturated heterocycles. The van der Waals surface area contributed by atoms with Crippen LogP contribution >= 0.6 is 0 Å². The van der Waals surface area contributed by atoms with Crippen LogP contribution in [0.25, 0.3) is 0 Å². The van der Waals surface area contributed by atoms with E-state index in [4.69, 9.17) is 0 Å². The van der Waals surface area contributed by atoms with Gasteiger partial charge in [-0.05, 0) is 43.5 Å². The van der Waals surface area contributed by atoms with Crippen molar-refractivity contribution in [2.24, 2.45) is 0 Å². The molecule has 0 aliphatic rings. The summed E-state index contributed by atoms with van der Waals surface area (Å²) in [5, 5.41) is 10.3. The lowest BCUT2D eigenvalue weighted by Crippen LogP contribution is -2.16. The van der Waals surface area contributed by atoms with Gasteiger partial charge in [-0.1, -0.05) is 42.0 Å². The molecular weight excluding hydrogens is 284 g/mol. The van der Waals surface area contributed by atoms with Gasteiger partial charge in [0.1, 0.15) is 0 Å². The lowest BCUT2D eigenvalue weighted by atomic mass is 10.1. The van der Waals surface area contributed by atoms with Crippen molar-refractivity contribution in [3.63, 3.8) is 0 Å². The Morgan fingerprint density at radius 2 is 1.67 bits per heavy atom. The molecule has 4 heteroatoms. The van der Waals surface area contributed by atoms with Crippen molar-refractivity contribution in [2.45, 2.75) is 31.8 Å². The molecule has 0 aromatic heterocycles. The van der Waals surface area contributed by atoms with Crippen LogP contribution < -0.4 is 0 Å². The van der Waals surface area contributed by atoms with Crippen molar-refractivity contribution in [1.29, 1.82) is 0 Å². The maximum Gasteiger partial charge on any atom is 0.181 e. The van der Waals surface area contributed by atoms with Gasteiger partial charge in [-0.15, -0.1) is 0 Å². The minimum Gasteiger partial charge on any atom is -0.387 e. The second-order valence-corrected chi connectivity index (χ2v) is 7.43. The molecule has 0 bridgehead atoms. The van der Waals surface area contributed by atoms with Crippen LogP contribution in [0.15, 0.2) is 47.4 Å². The number of rotatable bonds is 4. The van der Waals surface area contributed by atoms with Gasteiger partial charge in [0.2, 0.25) is 0 Å². The average molecular weight is 304 g/mol. The van der Waals surface area contributed by atoms with Gasteiger partial charge in [-0.3, -0.25) is 0 Å². The summed E-state index contributed by atoms with van der Waals surface area (Å²) in [6.07, 6.45) is -1.02. The standard InChI is InChI=1S/C17H20O3S/c1-12-8-9-17(14(3)10-12)21(19,20)11-16(18)15-7-5-4-6-13(15)2/h4-10,16,18H,11H2,1-3H3. The Kier molecular flexibility index (Phi) is 4.49. The van der Waals surface area contributed by atoms with Gasteiger partial charge in [-0.25, -0.2) is 8.42 Å². The highest BCUT2D eigenvalue weighted by Crippen LogP contribution is 2.24. The molecule has 1 atom stereocenters. The molecule has 21 heavy (non-hydrogen) atoms. The summed E-state index contributed by atoms with van der Waals surface area (Å²) in [7, 11) is -3.52. The Morgan fingerprint density at radius 3 is 2.29 bits per heavy atom. The van der Waals surface area contributed by atoms with E-state index >= 15 is 0 Å². The van der Waals surface area contributed by atoms with E-state index in [1.807, 2.05) is 32.0 Å². The largest absolute Gasteiger partial charge is 0.387 e. The molecule has 0 aliphatic heterocycles. The quantitative estimate of drug-likeness (QED) is 0.944. The lowest BCUT2D eigenvalue weighted by molar-refractivity contribution is 0.201. The first-order valence-electron chi connectivity index (χ1n) is 6.85. The molecule has 0 saturated carbocycles. The first-order chi connectivity index (χ1) is 9.81. The summed E-state index contributed by atoms with van der Waals surface area (Å²) >= 11 is 0. The molecule has 0 fully saturated rings. The van der Waals surface area contributed by atoms with Crippen LogP contribution in [0.3, 0.4) is 0 Å². The Morgan fingerprint density at radius 1 is 1.00 bits per heavy atom. The highest BCUT2D eigenvalue weighted by atomic mass is 32.2. The normalized spacial score (nSPS) is 13.1. The van der Waals surface area contributed by atoms with Crippen molar-refractivity contribution in [3.05, 3.63) is 64.7 Å². The van der Waals surface area contributed by atoms with Gasteiger partial charge in [0.15, 0.2) is 9.84 Å². The van der Waals surface area contributed by atoms with Gasteiger partial charge >= 0.3 is 0 Å². The predicted molar refractivity (Wildman–Crippen MR) is 84.1 cm³/mol. The van der Waals surface area contributed by atoms with E-state index < -0.39 is 15.9 Å². The van der Waals surface area contributed by atoms with E-state index in [1.165, 1.54) is 0 Å². The highest BCUT2D eigenvalue weighted by Gasteiger charge is 2.23. The molecule has 1 unspecified atom stereocenters. The minimum atomic E-state index is -3.52. The third-order valence-electron chi connectivity index (χ3n) is 3.59. The van der Waals surface area contributed by atoms with Gasteiger partial charge in [0.05, 0.1) is 16.8 Å². The summed E-state index contributed by atoms with van der Waals surface area (Å²) in [5.41, 5.74) is 3.28. The summed E-state index contributed by atoms with van der Waals surface area (Å²) in [6, 6.07) is 12.5. The molecule has 0 aliphatic carbocycles. The number of sulfone groups is 1. The van der Waals surface area contributed by atoms with E-state index in [2.05, 4.69) is 0 Å². The van der Waals surface area contributed by atoms with E-state index in [-0.39, 0.29) is 5.75 Å². The lowest BCUT2D eigenvalue weighted by Gasteiger charge is -2.15. The van der Waals surface area contributed by atoms with Crippen molar-refractivity contribution >= 4 is 9.84 Å². The molecule has 0 amide bonds. The highest BCUT2D eigenvalue weighted by molar-refractivity contribution is 7.91. The number of aliphatic hydroxyl groups is 1. The number of hydrogen-bond donors (Lipinski definition) is 1.